The van der Waals surface area contributed by atoms with Crippen LogP contribution in [-0.4, -0.2) is 84.7 Å². The fourth-order valence-electron chi connectivity index (χ4n) is 5.08. The Hall–Kier alpha value is -1.77. The van der Waals surface area contributed by atoms with Crippen molar-refractivity contribution in [1.29, 1.82) is 0 Å². The molecule has 0 bridgehead atoms. The fourth-order valence-corrected chi connectivity index (χ4v) is 6.35. The fraction of sp³-hybridized carbons (Fsp3) is 0.708. The van der Waals surface area contributed by atoms with Crippen molar-refractivity contribution >= 4 is 33.3 Å². The number of fused-ring (bicyclic) bond motifs is 3. The number of nitrogens with zero attached hydrogens (tertiary/aromatic N) is 5. The number of morpholine rings is 1. The Kier molecular flexibility index (Phi) is 6.90. The molecule has 5 rings (SSSR count). The van der Waals surface area contributed by atoms with Crippen LogP contribution in [0.15, 0.2) is 0 Å². The first-order chi connectivity index (χ1) is 15.7. The zero-order valence-corrected chi connectivity index (χ0v) is 20.1. The Balaban J connectivity index is 1.32. The van der Waals surface area contributed by atoms with E-state index in [0.717, 1.165) is 76.6 Å². The average molecular weight is 458 g/mol. The standard InChI is InChI=1S/C24H35N5O2S/c1-2-3-8-20-25-23(22-18-6-4-5-7-19(18)32-24(22)26-20)29-11-9-27(10-12-29)17-21(30)28-13-15-31-16-14-28/h2-17H2,1H3. The molecule has 2 fully saturated rings. The van der Waals surface area contributed by atoms with Crippen molar-refractivity contribution < 1.29 is 9.53 Å². The van der Waals surface area contributed by atoms with Crippen LogP contribution >= 0.6 is 11.3 Å². The van der Waals surface area contributed by atoms with Crippen molar-refractivity contribution in [1.82, 2.24) is 19.8 Å². The van der Waals surface area contributed by atoms with Crippen LogP contribution in [0.25, 0.3) is 10.2 Å². The Labute approximate surface area is 194 Å². The minimum absolute atomic E-state index is 0.236. The predicted octanol–water partition coefficient (Wildman–Crippen LogP) is 2.89. The van der Waals surface area contributed by atoms with E-state index in [9.17, 15) is 4.79 Å². The van der Waals surface area contributed by atoms with Crippen LogP contribution in [0, 0.1) is 0 Å². The highest BCUT2D eigenvalue weighted by Crippen LogP contribution is 2.40. The summed E-state index contributed by atoms with van der Waals surface area (Å²) in [5.74, 6) is 2.39. The summed E-state index contributed by atoms with van der Waals surface area (Å²) in [5.41, 5.74) is 1.51. The number of ether oxygens (including phenoxy) is 1. The minimum Gasteiger partial charge on any atom is -0.378 e. The van der Waals surface area contributed by atoms with Gasteiger partial charge in [0.1, 0.15) is 16.5 Å². The largest absolute Gasteiger partial charge is 0.378 e. The van der Waals surface area contributed by atoms with Crippen molar-refractivity contribution in [3.05, 3.63) is 16.3 Å². The van der Waals surface area contributed by atoms with Crippen LogP contribution in [0.3, 0.4) is 0 Å². The van der Waals surface area contributed by atoms with E-state index in [-0.39, 0.29) is 5.91 Å². The Bertz CT molecular complexity index is 948. The van der Waals surface area contributed by atoms with Gasteiger partial charge >= 0.3 is 0 Å². The number of hydrogen-bond donors (Lipinski definition) is 0. The van der Waals surface area contributed by atoms with Gasteiger partial charge in [-0.2, -0.15) is 0 Å². The lowest BCUT2D eigenvalue weighted by molar-refractivity contribution is -0.136. The summed E-state index contributed by atoms with van der Waals surface area (Å²) in [6.07, 6.45) is 8.16. The van der Waals surface area contributed by atoms with E-state index in [2.05, 4.69) is 16.7 Å². The molecule has 0 unspecified atom stereocenters. The molecule has 174 valence electrons. The third kappa shape index (κ3) is 4.63. The second-order valence-electron chi connectivity index (χ2n) is 9.21. The molecule has 0 N–H and O–H groups in total. The van der Waals surface area contributed by atoms with Crippen molar-refractivity contribution in [2.75, 3.05) is 63.9 Å². The number of thiophene rings is 1. The lowest BCUT2D eigenvalue weighted by atomic mass is 9.97. The van der Waals surface area contributed by atoms with E-state index in [0.29, 0.717) is 19.8 Å². The Morgan fingerprint density at radius 2 is 1.81 bits per heavy atom. The number of unbranched alkanes of at least 4 members (excludes halogenated alkanes) is 1. The van der Waals surface area contributed by atoms with Gasteiger partial charge in [0.2, 0.25) is 5.91 Å². The number of aryl methyl sites for hydroxylation is 3. The van der Waals surface area contributed by atoms with Crippen molar-refractivity contribution in [2.45, 2.75) is 51.9 Å². The summed E-state index contributed by atoms with van der Waals surface area (Å²) in [4.78, 5) is 32.2. The summed E-state index contributed by atoms with van der Waals surface area (Å²) >= 11 is 1.90. The number of carbonyl (C=O) groups is 1. The molecule has 0 atom stereocenters. The van der Waals surface area contributed by atoms with Gasteiger partial charge in [0, 0.05) is 50.6 Å². The van der Waals surface area contributed by atoms with E-state index in [1.807, 2.05) is 16.2 Å². The van der Waals surface area contributed by atoms with Crippen LogP contribution in [0.2, 0.25) is 0 Å². The summed E-state index contributed by atoms with van der Waals surface area (Å²) in [6, 6.07) is 0. The minimum atomic E-state index is 0.236. The lowest BCUT2D eigenvalue weighted by Gasteiger charge is -2.37. The lowest BCUT2D eigenvalue weighted by Crippen LogP contribution is -2.51. The number of rotatable bonds is 6. The Morgan fingerprint density at radius 1 is 1.03 bits per heavy atom. The third-order valence-electron chi connectivity index (χ3n) is 6.99. The second kappa shape index (κ2) is 10.0. The molecule has 2 aromatic heterocycles. The van der Waals surface area contributed by atoms with Crippen LogP contribution in [-0.2, 0) is 28.8 Å². The molecule has 1 aliphatic carbocycles. The average Bonchev–Trinajstić information content (AvgIpc) is 3.22. The number of hydrogen-bond acceptors (Lipinski definition) is 7. The smallest absolute Gasteiger partial charge is 0.236 e. The molecule has 0 spiro atoms. The molecule has 2 aromatic rings. The Morgan fingerprint density at radius 3 is 2.59 bits per heavy atom. The van der Waals surface area contributed by atoms with Crippen LogP contribution < -0.4 is 4.90 Å². The van der Waals surface area contributed by atoms with Crippen molar-refractivity contribution in [3.63, 3.8) is 0 Å². The molecule has 1 amide bonds. The van der Waals surface area contributed by atoms with Crippen LogP contribution in [0.5, 0.6) is 0 Å². The van der Waals surface area contributed by atoms with Gasteiger partial charge in [0.25, 0.3) is 0 Å². The molecule has 4 heterocycles. The third-order valence-corrected chi connectivity index (χ3v) is 8.18. The van der Waals surface area contributed by atoms with Gasteiger partial charge in [0.05, 0.1) is 25.1 Å². The van der Waals surface area contributed by atoms with E-state index in [4.69, 9.17) is 14.7 Å². The van der Waals surface area contributed by atoms with Gasteiger partial charge in [0.15, 0.2) is 0 Å². The highest BCUT2D eigenvalue weighted by molar-refractivity contribution is 7.19. The van der Waals surface area contributed by atoms with E-state index in [1.165, 1.54) is 39.9 Å². The molecule has 3 aliphatic rings. The maximum atomic E-state index is 12.7. The molecule has 8 heteroatoms. The summed E-state index contributed by atoms with van der Waals surface area (Å²) < 4.78 is 5.38. The number of carbonyl (C=O) groups excluding carboxylic acids is 1. The quantitative estimate of drug-likeness (QED) is 0.665. The molecule has 2 saturated heterocycles. The first-order valence-electron chi connectivity index (χ1n) is 12.4. The zero-order chi connectivity index (χ0) is 21.9. The van der Waals surface area contributed by atoms with E-state index < -0.39 is 0 Å². The van der Waals surface area contributed by atoms with Gasteiger partial charge in [-0.05, 0) is 37.7 Å². The van der Waals surface area contributed by atoms with Crippen molar-refractivity contribution in [3.8, 4) is 0 Å². The number of amides is 1. The molecular weight excluding hydrogens is 422 g/mol. The monoisotopic (exact) mass is 457 g/mol. The SMILES string of the molecule is CCCCc1nc(N2CCN(CC(=O)N3CCOCC3)CC2)c2c3c(sc2n1)CCCC3. The van der Waals surface area contributed by atoms with E-state index in [1.54, 1.807) is 0 Å². The van der Waals surface area contributed by atoms with Gasteiger partial charge in [-0.25, -0.2) is 9.97 Å². The van der Waals surface area contributed by atoms with Gasteiger partial charge in [-0.15, -0.1) is 11.3 Å². The summed E-state index contributed by atoms with van der Waals surface area (Å²) in [7, 11) is 0. The molecule has 0 radical (unpaired) electrons. The van der Waals surface area contributed by atoms with Gasteiger partial charge < -0.3 is 14.5 Å². The second-order valence-corrected chi connectivity index (χ2v) is 10.3. The molecule has 2 aliphatic heterocycles. The molecule has 7 nitrogen and oxygen atoms in total. The number of aromatic nitrogens is 2. The number of anilines is 1. The zero-order valence-electron chi connectivity index (χ0n) is 19.3. The highest BCUT2D eigenvalue weighted by Gasteiger charge is 2.27. The molecular formula is C24H35N5O2S. The summed E-state index contributed by atoms with van der Waals surface area (Å²) in [5, 5.41) is 1.32. The number of piperazine rings is 1. The van der Waals surface area contributed by atoms with Gasteiger partial charge in [-0.1, -0.05) is 13.3 Å². The first-order valence-corrected chi connectivity index (χ1v) is 13.2. The molecule has 0 saturated carbocycles. The topological polar surface area (TPSA) is 61.8 Å². The highest BCUT2D eigenvalue weighted by atomic mass is 32.1. The maximum absolute atomic E-state index is 12.7. The van der Waals surface area contributed by atoms with Crippen molar-refractivity contribution in [2.24, 2.45) is 0 Å². The van der Waals surface area contributed by atoms with Crippen LogP contribution in [0.1, 0.15) is 48.9 Å². The van der Waals surface area contributed by atoms with Crippen LogP contribution in [0.4, 0.5) is 5.82 Å². The van der Waals surface area contributed by atoms with E-state index >= 15 is 0 Å². The maximum Gasteiger partial charge on any atom is 0.236 e. The predicted molar refractivity (Wildman–Crippen MR) is 129 cm³/mol. The molecule has 32 heavy (non-hydrogen) atoms. The summed E-state index contributed by atoms with van der Waals surface area (Å²) in [6.45, 7) is 9.15. The van der Waals surface area contributed by atoms with Gasteiger partial charge in [-0.3, -0.25) is 9.69 Å². The molecule has 0 aromatic carbocycles. The normalized spacial score (nSPS) is 20.0. The first kappa shape index (κ1) is 22.0.